The zero-order valence-corrected chi connectivity index (χ0v) is 17.7. The number of hydrogen-bond acceptors (Lipinski definition) is 3. The minimum absolute atomic E-state index is 0.0551. The fourth-order valence-corrected chi connectivity index (χ4v) is 5.11. The quantitative estimate of drug-likeness (QED) is 0.713. The molecule has 2 aliphatic rings. The van der Waals surface area contributed by atoms with E-state index in [0.717, 1.165) is 61.2 Å². The SMILES string of the molecule is CCc1ccc(-c2ccc(Cl)cc2)cc1C1C(=O)CC(CC2CCOCC2)C1O. The molecule has 1 aliphatic carbocycles. The Balaban J connectivity index is 1.61. The van der Waals surface area contributed by atoms with Crippen molar-refractivity contribution in [2.75, 3.05) is 13.2 Å². The number of benzene rings is 2. The second kappa shape index (κ2) is 8.99. The molecule has 1 heterocycles. The third kappa shape index (κ3) is 4.42. The Morgan fingerprint density at radius 3 is 2.45 bits per heavy atom. The van der Waals surface area contributed by atoms with Gasteiger partial charge in [0, 0.05) is 24.7 Å². The first-order chi connectivity index (χ1) is 14.1. The molecule has 154 valence electrons. The van der Waals surface area contributed by atoms with Gasteiger partial charge in [-0.05, 0) is 71.9 Å². The van der Waals surface area contributed by atoms with Gasteiger partial charge in [-0.2, -0.15) is 0 Å². The summed E-state index contributed by atoms with van der Waals surface area (Å²) in [5.41, 5.74) is 4.26. The Morgan fingerprint density at radius 2 is 1.76 bits per heavy atom. The van der Waals surface area contributed by atoms with Crippen molar-refractivity contribution in [2.45, 2.75) is 51.0 Å². The van der Waals surface area contributed by atoms with Gasteiger partial charge in [-0.15, -0.1) is 0 Å². The predicted molar refractivity (Wildman–Crippen MR) is 116 cm³/mol. The fraction of sp³-hybridized carbons (Fsp3) is 0.480. The van der Waals surface area contributed by atoms with Crippen LogP contribution in [-0.4, -0.2) is 30.2 Å². The maximum Gasteiger partial charge on any atom is 0.143 e. The summed E-state index contributed by atoms with van der Waals surface area (Å²) < 4.78 is 5.46. The summed E-state index contributed by atoms with van der Waals surface area (Å²) in [6.07, 6.45) is 3.72. The Bertz CT molecular complexity index is 855. The van der Waals surface area contributed by atoms with E-state index in [2.05, 4.69) is 25.1 Å². The molecule has 29 heavy (non-hydrogen) atoms. The van der Waals surface area contributed by atoms with E-state index in [-0.39, 0.29) is 11.7 Å². The fourth-order valence-electron chi connectivity index (χ4n) is 4.99. The molecule has 0 bridgehead atoms. The van der Waals surface area contributed by atoms with Crippen molar-refractivity contribution >= 4 is 17.4 Å². The zero-order valence-electron chi connectivity index (χ0n) is 16.9. The lowest BCUT2D eigenvalue weighted by Crippen LogP contribution is -2.26. The first-order valence-corrected chi connectivity index (χ1v) is 11.1. The Morgan fingerprint density at radius 1 is 1.07 bits per heavy atom. The summed E-state index contributed by atoms with van der Waals surface area (Å²) in [6.45, 7) is 3.70. The maximum absolute atomic E-state index is 13.0. The summed E-state index contributed by atoms with van der Waals surface area (Å²) in [6, 6.07) is 14.0. The normalized spacial score (nSPS) is 25.5. The van der Waals surface area contributed by atoms with E-state index in [9.17, 15) is 9.90 Å². The topological polar surface area (TPSA) is 46.5 Å². The molecule has 0 spiro atoms. The first kappa shape index (κ1) is 20.6. The Kier molecular flexibility index (Phi) is 6.38. The molecule has 1 saturated carbocycles. The lowest BCUT2D eigenvalue weighted by Gasteiger charge is -2.27. The number of halogens is 1. The van der Waals surface area contributed by atoms with Gasteiger partial charge in [0.05, 0.1) is 12.0 Å². The number of hydrogen-bond donors (Lipinski definition) is 1. The van der Waals surface area contributed by atoms with E-state index in [0.29, 0.717) is 17.4 Å². The highest BCUT2D eigenvalue weighted by atomic mass is 35.5. The molecule has 1 saturated heterocycles. The van der Waals surface area contributed by atoms with E-state index < -0.39 is 12.0 Å². The highest BCUT2D eigenvalue weighted by Gasteiger charge is 2.43. The second-order valence-corrected chi connectivity index (χ2v) is 8.90. The van der Waals surface area contributed by atoms with Crippen molar-refractivity contribution in [3.05, 3.63) is 58.6 Å². The van der Waals surface area contributed by atoms with Crippen molar-refractivity contribution in [1.29, 1.82) is 0 Å². The molecule has 0 amide bonds. The van der Waals surface area contributed by atoms with Gasteiger partial charge >= 0.3 is 0 Å². The minimum atomic E-state index is -0.601. The van der Waals surface area contributed by atoms with Crippen LogP contribution in [0.2, 0.25) is 5.02 Å². The largest absolute Gasteiger partial charge is 0.392 e. The van der Waals surface area contributed by atoms with Crippen molar-refractivity contribution in [1.82, 2.24) is 0 Å². The summed E-state index contributed by atoms with van der Waals surface area (Å²) in [7, 11) is 0. The van der Waals surface area contributed by atoms with Gasteiger partial charge in [-0.3, -0.25) is 4.79 Å². The zero-order chi connectivity index (χ0) is 20.4. The van der Waals surface area contributed by atoms with Crippen LogP contribution in [0.3, 0.4) is 0 Å². The third-order valence-electron chi connectivity index (χ3n) is 6.65. The maximum atomic E-state index is 13.0. The van der Waals surface area contributed by atoms with Crippen molar-refractivity contribution in [3.63, 3.8) is 0 Å². The minimum Gasteiger partial charge on any atom is -0.392 e. The molecule has 3 nitrogen and oxygen atoms in total. The number of Topliss-reactive ketones (excluding diaryl/α,β-unsaturated/α-hetero) is 1. The third-order valence-corrected chi connectivity index (χ3v) is 6.90. The molecule has 3 atom stereocenters. The van der Waals surface area contributed by atoms with Crippen LogP contribution in [0.4, 0.5) is 0 Å². The average Bonchev–Trinajstić information content (AvgIpc) is 3.01. The van der Waals surface area contributed by atoms with Gasteiger partial charge in [0.15, 0.2) is 0 Å². The molecule has 3 unspecified atom stereocenters. The summed E-state index contributed by atoms with van der Waals surface area (Å²) >= 11 is 6.03. The van der Waals surface area contributed by atoms with Gasteiger partial charge in [-0.25, -0.2) is 0 Å². The summed E-state index contributed by atoms with van der Waals surface area (Å²) in [5, 5.41) is 11.9. The molecule has 2 aromatic rings. The number of ether oxygens (including phenoxy) is 1. The lowest BCUT2D eigenvalue weighted by molar-refractivity contribution is -0.119. The molecule has 4 heteroatoms. The van der Waals surface area contributed by atoms with Gasteiger partial charge in [0.25, 0.3) is 0 Å². The second-order valence-electron chi connectivity index (χ2n) is 8.46. The van der Waals surface area contributed by atoms with E-state index >= 15 is 0 Å². The highest BCUT2D eigenvalue weighted by molar-refractivity contribution is 6.30. The van der Waals surface area contributed by atoms with Crippen LogP contribution >= 0.6 is 11.6 Å². The van der Waals surface area contributed by atoms with Crippen molar-refractivity contribution < 1.29 is 14.6 Å². The lowest BCUT2D eigenvalue weighted by atomic mass is 9.83. The van der Waals surface area contributed by atoms with Crippen LogP contribution in [0, 0.1) is 11.8 Å². The number of ketones is 1. The highest BCUT2D eigenvalue weighted by Crippen LogP contribution is 2.42. The standard InChI is InChI=1S/C25H29ClO3/c1-2-17-3-4-19(18-5-7-21(26)8-6-18)14-22(17)24-23(27)15-20(25(24)28)13-16-9-11-29-12-10-16/h3-8,14,16,20,24-25,28H,2,9-13,15H2,1H3. The average molecular weight is 413 g/mol. The van der Waals surface area contributed by atoms with Crippen LogP contribution in [0.1, 0.15) is 49.7 Å². The summed E-state index contributed by atoms with van der Waals surface area (Å²) in [4.78, 5) is 13.0. The number of carbonyl (C=O) groups excluding carboxylic acids is 1. The van der Waals surface area contributed by atoms with Crippen molar-refractivity contribution in [2.24, 2.45) is 11.8 Å². The van der Waals surface area contributed by atoms with Crippen LogP contribution in [-0.2, 0) is 16.0 Å². The molecule has 1 N–H and O–H groups in total. The molecule has 2 fully saturated rings. The van der Waals surface area contributed by atoms with Crippen LogP contribution in [0.5, 0.6) is 0 Å². The Hall–Kier alpha value is -1.68. The van der Waals surface area contributed by atoms with Crippen molar-refractivity contribution in [3.8, 4) is 11.1 Å². The Labute approximate surface area is 178 Å². The van der Waals surface area contributed by atoms with Crippen LogP contribution in [0.15, 0.2) is 42.5 Å². The number of aryl methyl sites for hydroxylation is 1. The smallest absolute Gasteiger partial charge is 0.143 e. The van der Waals surface area contributed by atoms with Crippen LogP contribution in [0.25, 0.3) is 11.1 Å². The molecule has 0 aromatic heterocycles. The number of carbonyl (C=O) groups is 1. The van der Waals surface area contributed by atoms with E-state index in [4.69, 9.17) is 16.3 Å². The molecular formula is C25H29ClO3. The van der Waals surface area contributed by atoms with Gasteiger partial charge < -0.3 is 9.84 Å². The van der Waals surface area contributed by atoms with E-state index in [1.54, 1.807) is 0 Å². The number of aliphatic hydroxyl groups excluding tert-OH is 1. The predicted octanol–water partition coefficient (Wildman–Crippen LogP) is 5.42. The molecular weight excluding hydrogens is 384 g/mol. The van der Waals surface area contributed by atoms with E-state index in [1.807, 2.05) is 24.3 Å². The first-order valence-electron chi connectivity index (χ1n) is 10.7. The monoisotopic (exact) mass is 412 g/mol. The van der Waals surface area contributed by atoms with Gasteiger partial charge in [-0.1, -0.05) is 48.9 Å². The van der Waals surface area contributed by atoms with Crippen LogP contribution < -0.4 is 0 Å². The van der Waals surface area contributed by atoms with Gasteiger partial charge in [0.2, 0.25) is 0 Å². The number of aliphatic hydroxyl groups is 1. The van der Waals surface area contributed by atoms with Gasteiger partial charge in [0.1, 0.15) is 5.78 Å². The summed E-state index contributed by atoms with van der Waals surface area (Å²) in [5.74, 6) is 0.375. The molecule has 1 aliphatic heterocycles. The molecule has 2 aromatic carbocycles. The van der Waals surface area contributed by atoms with E-state index in [1.165, 1.54) is 0 Å². The number of rotatable bonds is 5. The molecule has 0 radical (unpaired) electrons. The molecule has 4 rings (SSSR count).